The van der Waals surface area contributed by atoms with Gasteiger partial charge in [-0.1, -0.05) is 17.7 Å². The Morgan fingerprint density at radius 1 is 1.02 bits per heavy atom. The van der Waals surface area contributed by atoms with Crippen LogP contribution in [0.15, 0.2) is 54.7 Å². The SMILES string of the molecule is COc1ccc(-c2ccccn2)cc1CN(C(=O)c1sc2c(F)ccc(F)c2c1Cl)[C@H]1CC[C@H](N(C)C(=O)OC(C)(C)C)CC1. The van der Waals surface area contributed by atoms with E-state index in [1.165, 1.54) is 0 Å². The molecular formula is C34H36ClF2N3O4S. The first-order valence-corrected chi connectivity index (χ1v) is 16.0. The first-order chi connectivity index (χ1) is 21.4. The molecule has 2 aromatic heterocycles. The summed E-state index contributed by atoms with van der Waals surface area (Å²) >= 11 is 7.45. The number of rotatable bonds is 7. The minimum Gasteiger partial charge on any atom is -0.496 e. The molecule has 1 saturated carbocycles. The van der Waals surface area contributed by atoms with Crippen molar-refractivity contribution in [1.82, 2.24) is 14.8 Å². The maximum atomic E-state index is 14.8. The maximum absolute atomic E-state index is 14.8. The normalized spacial score (nSPS) is 16.8. The van der Waals surface area contributed by atoms with E-state index in [-0.39, 0.29) is 38.6 Å². The second kappa shape index (κ2) is 13.3. The van der Waals surface area contributed by atoms with Crippen LogP contribution in [0.5, 0.6) is 5.75 Å². The molecule has 2 amide bonds. The molecule has 2 aromatic carbocycles. The van der Waals surface area contributed by atoms with Crippen molar-refractivity contribution in [2.24, 2.45) is 0 Å². The predicted octanol–water partition coefficient (Wildman–Crippen LogP) is 8.72. The van der Waals surface area contributed by atoms with E-state index in [0.717, 1.165) is 40.3 Å². The fraction of sp³-hybridized carbons (Fsp3) is 0.382. The number of ether oxygens (including phenoxy) is 2. The molecule has 7 nitrogen and oxygen atoms in total. The third kappa shape index (κ3) is 7.07. The average molecular weight is 656 g/mol. The number of fused-ring (bicyclic) bond motifs is 1. The molecule has 5 rings (SSSR count). The topological polar surface area (TPSA) is 72.0 Å². The maximum Gasteiger partial charge on any atom is 0.410 e. The summed E-state index contributed by atoms with van der Waals surface area (Å²) in [5.74, 6) is -1.16. The molecule has 0 saturated heterocycles. The van der Waals surface area contributed by atoms with Crippen molar-refractivity contribution < 1.29 is 27.8 Å². The minimum atomic E-state index is -0.686. The standard InChI is InChI=1S/C34H36ClF2N3O4S/c1-34(2,3)44-33(42)39(4)22-10-12-23(13-11-22)40(32(41)31-29(35)28-24(36)14-15-25(37)30(28)45-31)19-21-18-20(9-16-27(21)43-5)26-8-6-7-17-38-26/h6-9,14-18,22-23H,10-13,19H2,1-5H3/t22-,23-. The molecule has 0 radical (unpaired) electrons. The lowest BCUT2D eigenvalue weighted by Gasteiger charge is -2.40. The van der Waals surface area contributed by atoms with Crippen LogP contribution in [-0.4, -0.2) is 58.6 Å². The summed E-state index contributed by atoms with van der Waals surface area (Å²) in [4.78, 5) is 35.0. The van der Waals surface area contributed by atoms with Gasteiger partial charge in [-0.25, -0.2) is 13.6 Å². The Hall–Kier alpha value is -3.76. The van der Waals surface area contributed by atoms with Gasteiger partial charge in [-0.15, -0.1) is 11.3 Å². The molecule has 1 aliphatic rings. The second-order valence-electron chi connectivity index (χ2n) is 12.2. The number of carbonyl (C=O) groups is 2. The predicted molar refractivity (Wildman–Crippen MR) is 173 cm³/mol. The smallest absolute Gasteiger partial charge is 0.410 e. The molecule has 4 aromatic rings. The number of hydrogen-bond donors (Lipinski definition) is 0. The highest BCUT2D eigenvalue weighted by Crippen LogP contribution is 2.41. The van der Waals surface area contributed by atoms with Gasteiger partial charge >= 0.3 is 6.09 Å². The van der Waals surface area contributed by atoms with Crippen molar-refractivity contribution in [3.8, 4) is 17.0 Å². The first kappa shape index (κ1) is 32.6. The van der Waals surface area contributed by atoms with Crippen molar-refractivity contribution in [3.05, 3.63) is 81.8 Å². The molecule has 0 unspecified atom stereocenters. The molecule has 238 valence electrons. The van der Waals surface area contributed by atoms with E-state index in [4.69, 9.17) is 21.1 Å². The summed E-state index contributed by atoms with van der Waals surface area (Å²) in [5, 5.41) is -0.197. The number of methoxy groups -OCH3 is 1. The van der Waals surface area contributed by atoms with Crippen LogP contribution in [0.1, 0.15) is 61.7 Å². The fourth-order valence-corrected chi connectivity index (χ4v) is 7.26. The van der Waals surface area contributed by atoms with E-state index in [1.807, 2.05) is 57.2 Å². The molecular weight excluding hydrogens is 620 g/mol. The van der Waals surface area contributed by atoms with E-state index in [1.54, 1.807) is 30.2 Å². The lowest BCUT2D eigenvalue weighted by atomic mass is 9.89. The van der Waals surface area contributed by atoms with Gasteiger partial charge in [0.1, 0.15) is 27.9 Å². The van der Waals surface area contributed by atoms with Gasteiger partial charge in [-0.05, 0) is 88.9 Å². The number of nitrogens with zero attached hydrogens (tertiary/aromatic N) is 3. The molecule has 0 aliphatic heterocycles. The van der Waals surface area contributed by atoms with Gasteiger partial charge in [0.15, 0.2) is 0 Å². The molecule has 45 heavy (non-hydrogen) atoms. The van der Waals surface area contributed by atoms with Crippen LogP contribution in [0, 0.1) is 11.6 Å². The van der Waals surface area contributed by atoms with Crippen molar-refractivity contribution in [2.75, 3.05) is 14.2 Å². The number of aromatic nitrogens is 1. The zero-order valence-electron chi connectivity index (χ0n) is 25.9. The summed E-state index contributed by atoms with van der Waals surface area (Å²) in [5.41, 5.74) is 1.75. The van der Waals surface area contributed by atoms with Crippen LogP contribution in [0.25, 0.3) is 21.3 Å². The van der Waals surface area contributed by atoms with Crippen molar-refractivity contribution in [1.29, 1.82) is 0 Å². The van der Waals surface area contributed by atoms with Gasteiger partial charge in [0.05, 0.1) is 27.9 Å². The van der Waals surface area contributed by atoms with Gasteiger partial charge in [0.2, 0.25) is 0 Å². The molecule has 0 atom stereocenters. The Morgan fingerprint density at radius 2 is 1.71 bits per heavy atom. The zero-order chi connectivity index (χ0) is 32.5. The monoisotopic (exact) mass is 655 g/mol. The summed E-state index contributed by atoms with van der Waals surface area (Å²) in [6.07, 6.45) is 3.78. The zero-order valence-corrected chi connectivity index (χ0v) is 27.5. The number of amides is 2. The number of carbonyl (C=O) groups excluding carboxylic acids is 2. The van der Waals surface area contributed by atoms with Gasteiger partial charge in [0, 0.05) is 43.0 Å². The van der Waals surface area contributed by atoms with E-state index in [9.17, 15) is 18.4 Å². The number of benzene rings is 2. The van der Waals surface area contributed by atoms with Crippen LogP contribution < -0.4 is 4.74 Å². The summed E-state index contributed by atoms with van der Waals surface area (Å²) < 4.78 is 40.7. The van der Waals surface area contributed by atoms with E-state index in [2.05, 4.69) is 4.98 Å². The number of pyridine rings is 1. The quantitative estimate of drug-likeness (QED) is 0.199. The summed E-state index contributed by atoms with van der Waals surface area (Å²) in [6, 6.07) is 13.1. The third-order valence-corrected chi connectivity index (χ3v) is 9.73. The number of thiophene rings is 1. The Kier molecular flexibility index (Phi) is 9.65. The van der Waals surface area contributed by atoms with E-state index in [0.29, 0.717) is 31.4 Å². The molecule has 0 N–H and O–H groups in total. The van der Waals surface area contributed by atoms with Gasteiger partial charge in [-0.3, -0.25) is 9.78 Å². The lowest BCUT2D eigenvalue weighted by molar-refractivity contribution is 0.0144. The Balaban J connectivity index is 1.49. The highest BCUT2D eigenvalue weighted by molar-refractivity contribution is 7.21. The van der Waals surface area contributed by atoms with Crippen molar-refractivity contribution in [2.45, 2.75) is 70.7 Å². The molecule has 1 aliphatic carbocycles. The van der Waals surface area contributed by atoms with Gasteiger partial charge in [-0.2, -0.15) is 0 Å². The number of hydrogen-bond acceptors (Lipinski definition) is 6. The summed E-state index contributed by atoms with van der Waals surface area (Å²) in [6.45, 7) is 5.64. The fourth-order valence-electron chi connectivity index (χ4n) is 5.75. The lowest BCUT2D eigenvalue weighted by Crippen LogP contribution is -2.47. The summed E-state index contributed by atoms with van der Waals surface area (Å²) in [7, 11) is 3.30. The van der Waals surface area contributed by atoms with Gasteiger partial charge in [0.25, 0.3) is 5.91 Å². The number of halogens is 3. The Bertz CT molecular complexity index is 1700. The minimum absolute atomic E-state index is 0.000670. The van der Waals surface area contributed by atoms with Crippen LogP contribution in [-0.2, 0) is 11.3 Å². The van der Waals surface area contributed by atoms with E-state index < -0.39 is 29.2 Å². The Labute approximate surface area is 270 Å². The molecule has 1 fully saturated rings. The third-order valence-electron chi connectivity index (χ3n) is 8.05. The van der Waals surface area contributed by atoms with E-state index >= 15 is 0 Å². The van der Waals surface area contributed by atoms with Crippen LogP contribution in [0.3, 0.4) is 0 Å². The average Bonchev–Trinajstić information content (AvgIpc) is 3.38. The largest absolute Gasteiger partial charge is 0.496 e. The highest BCUT2D eigenvalue weighted by Gasteiger charge is 2.35. The second-order valence-corrected chi connectivity index (χ2v) is 13.6. The van der Waals surface area contributed by atoms with Gasteiger partial charge < -0.3 is 19.3 Å². The van der Waals surface area contributed by atoms with Crippen LogP contribution in [0.4, 0.5) is 13.6 Å². The molecule has 2 heterocycles. The Morgan fingerprint density at radius 3 is 2.33 bits per heavy atom. The molecule has 11 heteroatoms. The van der Waals surface area contributed by atoms with Crippen molar-refractivity contribution in [3.63, 3.8) is 0 Å². The van der Waals surface area contributed by atoms with Crippen LogP contribution in [0.2, 0.25) is 5.02 Å². The van der Waals surface area contributed by atoms with Crippen LogP contribution >= 0.6 is 22.9 Å². The van der Waals surface area contributed by atoms with Crippen molar-refractivity contribution >= 4 is 45.0 Å². The molecule has 0 bridgehead atoms. The highest BCUT2D eigenvalue weighted by atomic mass is 35.5. The first-order valence-electron chi connectivity index (χ1n) is 14.8. The molecule has 0 spiro atoms.